The second kappa shape index (κ2) is 18.3. The molecular weight excluding hydrogens is 721 g/mol. The van der Waals surface area contributed by atoms with E-state index in [2.05, 4.69) is 60.6 Å². The topological polar surface area (TPSA) is 27.7 Å². The van der Waals surface area contributed by atoms with Gasteiger partial charge in [-0.25, -0.2) is 0 Å². The zero-order valence-corrected chi connectivity index (χ0v) is 38.1. The summed E-state index contributed by atoms with van der Waals surface area (Å²) in [6.07, 6.45) is 20.2. The van der Waals surface area contributed by atoms with Crippen LogP contribution in [0, 0.1) is 70.1 Å². The van der Waals surface area contributed by atoms with Crippen LogP contribution in [-0.4, -0.2) is 24.4 Å². The van der Waals surface area contributed by atoms with E-state index in [1.165, 1.54) is 124 Å². The van der Waals surface area contributed by atoms with Crippen molar-refractivity contribution in [2.24, 2.45) is 35.5 Å². The molecule has 0 radical (unpaired) electrons. The van der Waals surface area contributed by atoms with E-state index in [4.69, 9.17) is 14.0 Å². The van der Waals surface area contributed by atoms with Crippen LogP contribution in [0.2, 0.25) is 5.82 Å². The fourth-order valence-corrected chi connectivity index (χ4v) is 12.4. The molecule has 0 amide bonds. The molecule has 4 aliphatic carbocycles. The van der Waals surface area contributed by atoms with Gasteiger partial charge in [0.05, 0.1) is 22.9 Å². The summed E-state index contributed by atoms with van der Waals surface area (Å²) in [5.74, 6) is 5.08. The first-order valence-electron chi connectivity index (χ1n) is 24.0. The molecule has 2 aromatic rings. The number of ether oxygens (including phenoxy) is 1. The highest BCUT2D eigenvalue weighted by molar-refractivity contribution is 6.47. The molecule has 1 heterocycles. The second-order valence-corrected chi connectivity index (χ2v) is 21.8. The monoisotopic (exact) mass is 801 g/mol. The lowest BCUT2D eigenvalue weighted by Gasteiger charge is -2.35. The number of alkyl halides is 2. The van der Waals surface area contributed by atoms with Crippen molar-refractivity contribution in [1.82, 2.24) is 0 Å². The minimum absolute atomic E-state index is 0.0542. The van der Waals surface area contributed by atoms with Gasteiger partial charge in [-0.1, -0.05) is 75.6 Å². The van der Waals surface area contributed by atoms with Crippen LogP contribution >= 0.6 is 0 Å². The molecule has 6 heteroatoms. The Balaban J connectivity index is 0.804. The zero-order valence-electron chi connectivity index (χ0n) is 38.1. The first kappa shape index (κ1) is 44.3. The molecule has 5 aliphatic rings. The van der Waals surface area contributed by atoms with Crippen molar-refractivity contribution in [3.63, 3.8) is 0 Å². The maximum absolute atomic E-state index is 15.9. The van der Waals surface area contributed by atoms with E-state index < -0.39 is 6.11 Å². The molecule has 0 atom stereocenters. The van der Waals surface area contributed by atoms with Crippen LogP contribution in [0.5, 0.6) is 0 Å². The van der Waals surface area contributed by atoms with Crippen LogP contribution in [0.25, 0.3) is 0 Å². The van der Waals surface area contributed by atoms with E-state index in [9.17, 15) is 0 Å². The van der Waals surface area contributed by atoms with E-state index in [0.717, 1.165) is 55.8 Å². The molecule has 0 unspecified atom stereocenters. The summed E-state index contributed by atoms with van der Waals surface area (Å²) in [5.41, 5.74) is 7.97. The molecule has 0 aromatic heterocycles. The minimum atomic E-state index is -3.25. The average molecular weight is 801 g/mol. The molecular formula is C52H79BF2O3. The first-order valence-corrected chi connectivity index (χ1v) is 24.0. The third-order valence-electron chi connectivity index (χ3n) is 16.8. The van der Waals surface area contributed by atoms with Crippen molar-refractivity contribution in [2.75, 3.05) is 0 Å². The molecule has 0 bridgehead atoms. The Labute approximate surface area is 353 Å². The van der Waals surface area contributed by atoms with Gasteiger partial charge in [0.25, 0.3) is 0 Å². The maximum atomic E-state index is 15.9. The molecule has 5 fully saturated rings. The van der Waals surface area contributed by atoms with Crippen LogP contribution in [-0.2, 0) is 33.0 Å². The number of hydrogen-bond acceptors (Lipinski definition) is 3. The molecule has 0 spiro atoms. The third kappa shape index (κ3) is 10.6. The molecule has 3 nitrogen and oxygen atoms in total. The van der Waals surface area contributed by atoms with Crippen molar-refractivity contribution in [1.29, 1.82) is 0 Å². The van der Waals surface area contributed by atoms with Crippen LogP contribution in [0.4, 0.5) is 8.78 Å². The number of rotatable bonds is 12. The Kier molecular flexibility index (Phi) is 14.0. The highest BCUT2D eigenvalue weighted by Crippen LogP contribution is 2.47. The van der Waals surface area contributed by atoms with Gasteiger partial charge in [0, 0.05) is 0 Å². The van der Waals surface area contributed by atoms with E-state index in [1.807, 2.05) is 26.0 Å². The van der Waals surface area contributed by atoms with E-state index in [1.54, 1.807) is 0 Å². The average Bonchev–Trinajstić information content (AvgIpc) is 3.38. The predicted octanol–water partition coefficient (Wildman–Crippen LogP) is 14.7. The summed E-state index contributed by atoms with van der Waals surface area (Å²) in [5, 5.41) is 0. The zero-order chi connectivity index (χ0) is 41.4. The molecule has 7 rings (SSSR count). The normalized spacial score (nSPS) is 31.7. The summed E-state index contributed by atoms with van der Waals surface area (Å²) < 4.78 is 50.4. The first-order chi connectivity index (χ1) is 27.4. The van der Waals surface area contributed by atoms with Gasteiger partial charge in [0.1, 0.15) is 0 Å². The minimum Gasteiger partial charge on any atom is -0.403 e. The quantitative estimate of drug-likeness (QED) is 0.200. The van der Waals surface area contributed by atoms with Gasteiger partial charge >= 0.3 is 13.2 Å². The SMILES string of the molecule is Cc1cc(CC2CCC(CC3CCC(OC(F)(F)c4c(C)cc(CC5CCC(CC6CCC(B7OC(C)(C)C(C)(C)O7)CC6)CC5)cc4C)CC3)CC2)cc(C)c1C. The predicted molar refractivity (Wildman–Crippen MR) is 237 cm³/mol. The molecule has 1 saturated heterocycles. The van der Waals surface area contributed by atoms with Crippen molar-refractivity contribution in [2.45, 2.75) is 220 Å². The maximum Gasteiger partial charge on any atom is 0.461 e. The lowest BCUT2D eigenvalue weighted by atomic mass is 9.61. The molecule has 1 aliphatic heterocycles. The van der Waals surface area contributed by atoms with Gasteiger partial charge in [0.15, 0.2) is 0 Å². The lowest BCUT2D eigenvalue weighted by Crippen LogP contribution is -2.41. The summed E-state index contributed by atoms with van der Waals surface area (Å²) >= 11 is 0. The summed E-state index contributed by atoms with van der Waals surface area (Å²) in [7, 11) is -0.0542. The highest BCUT2D eigenvalue weighted by atomic mass is 19.3. The molecule has 2 aromatic carbocycles. The summed E-state index contributed by atoms with van der Waals surface area (Å²) in [4.78, 5) is 0. The number of aryl methyl sites for hydroxylation is 4. The van der Waals surface area contributed by atoms with Crippen molar-refractivity contribution < 1.29 is 22.8 Å². The molecule has 0 N–H and O–H groups in total. The Morgan fingerprint density at radius 1 is 0.534 bits per heavy atom. The van der Waals surface area contributed by atoms with Crippen LogP contribution in [0.3, 0.4) is 0 Å². The standard InChI is InChI=1S/C52H79BF2O3/c1-34-26-45(27-35(2)38(34)5)32-41-14-12-40(13-15-41)31-44-20-24-48(25-21-44)56-52(54,55)49-36(3)28-46(29-37(49)4)33-42-16-10-39(11-17-42)30-43-18-22-47(23-19-43)53-57-50(6,7)51(8,9)58-53/h26-29,39-44,47-48H,10-25,30-33H2,1-9H3. The molecule has 4 saturated carbocycles. The van der Waals surface area contributed by atoms with Gasteiger partial charge in [-0.3, -0.25) is 0 Å². The largest absolute Gasteiger partial charge is 0.461 e. The van der Waals surface area contributed by atoms with Gasteiger partial charge in [0.2, 0.25) is 0 Å². The Hall–Kier alpha value is -1.76. The third-order valence-corrected chi connectivity index (χ3v) is 16.8. The fourth-order valence-electron chi connectivity index (χ4n) is 12.4. The molecule has 58 heavy (non-hydrogen) atoms. The lowest BCUT2D eigenvalue weighted by molar-refractivity contribution is -0.278. The van der Waals surface area contributed by atoms with Crippen molar-refractivity contribution >= 4 is 7.12 Å². The Morgan fingerprint density at radius 2 is 0.879 bits per heavy atom. The Bertz CT molecular complexity index is 1610. The van der Waals surface area contributed by atoms with Crippen molar-refractivity contribution in [3.8, 4) is 0 Å². The van der Waals surface area contributed by atoms with E-state index in [-0.39, 0.29) is 30.0 Å². The van der Waals surface area contributed by atoms with Crippen molar-refractivity contribution in [3.05, 3.63) is 68.8 Å². The van der Waals surface area contributed by atoms with Gasteiger partial charge in [-0.05, 0) is 220 Å². The fraction of sp³-hybridized carbons (Fsp3) is 0.769. The second-order valence-electron chi connectivity index (χ2n) is 21.8. The molecule has 322 valence electrons. The van der Waals surface area contributed by atoms with Gasteiger partial charge in [-0.2, -0.15) is 8.78 Å². The summed E-state index contributed by atoms with van der Waals surface area (Å²) in [6.45, 7) is 19.1. The van der Waals surface area contributed by atoms with Crippen LogP contribution in [0.15, 0.2) is 24.3 Å². The van der Waals surface area contributed by atoms with Crippen LogP contribution < -0.4 is 0 Å². The smallest absolute Gasteiger partial charge is 0.403 e. The van der Waals surface area contributed by atoms with E-state index in [0.29, 0.717) is 28.8 Å². The van der Waals surface area contributed by atoms with Crippen LogP contribution in [0.1, 0.15) is 188 Å². The summed E-state index contributed by atoms with van der Waals surface area (Å²) in [6, 6.07) is 8.88. The van der Waals surface area contributed by atoms with Gasteiger partial charge in [-0.15, -0.1) is 0 Å². The number of hydrogen-bond donors (Lipinski definition) is 0. The number of halogens is 2. The highest BCUT2D eigenvalue weighted by Gasteiger charge is 2.54. The Morgan fingerprint density at radius 3 is 1.29 bits per heavy atom. The number of benzene rings is 2. The van der Waals surface area contributed by atoms with Gasteiger partial charge < -0.3 is 14.0 Å². The van der Waals surface area contributed by atoms with E-state index >= 15 is 8.78 Å².